The SMILES string of the molecule is CC(NC(C)c1c(F)cccc1F)c1ccccn1. The lowest BCUT2D eigenvalue weighted by atomic mass is 10.1. The van der Waals surface area contributed by atoms with Gasteiger partial charge in [-0.2, -0.15) is 0 Å². The maximum absolute atomic E-state index is 13.7. The Kier molecular flexibility index (Phi) is 4.22. The number of hydrogen-bond donors (Lipinski definition) is 1. The fourth-order valence-electron chi connectivity index (χ4n) is 2.10. The average molecular weight is 262 g/mol. The van der Waals surface area contributed by atoms with Crippen LogP contribution in [0, 0.1) is 11.6 Å². The van der Waals surface area contributed by atoms with E-state index in [0.29, 0.717) is 0 Å². The molecule has 2 unspecified atom stereocenters. The molecule has 19 heavy (non-hydrogen) atoms. The van der Waals surface area contributed by atoms with E-state index in [-0.39, 0.29) is 11.6 Å². The maximum atomic E-state index is 13.7. The minimum Gasteiger partial charge on any atom is -0.302 e. The molecule has 0 saturated heterocycles. The van der Waals surface area contributed by atoms with Crippen LogP contribution in [0.15, 0.2) is 42.6 Å². The topological polar surface area (TPSA) is 24.9 Å². The van der Waals surface area contributed by atoms with E-state index in [0.717, 1.165) is 5.69 Å². The van der Waals surface area contributed by atoms with Crippen molar-refractivity contribution in [2.75, 3.05) is 0 Å². The molecule has 1 aromatic carbocycles. The van der Waals surface area contributed by atoms with Gasteiger partial charge in [0.15, 0.2) is 0 Å². The van der Waals surface area contributed by atoms with Crippen LogP contribution in [0.3, 0.4) is 0 Å². The Balaban J connectivity index is 2.15. The molecular weight excluding hydrogens is 246 g/mol. The van der Waals surface area contributed by atoms with Gasteiger partial charge in [-0.25, -0.2) is 8.78 Å². The van der Waals surface area contributed by atoms with Crippen molar-refractivity contribution in [1.82, 2.24) is 10.3 Å². The molecule has 2 aromatic rings. The van der Waals surface area contributed by atoms with E-state index >= 15 is 0 Å². The van der Waals surface area contributed by atoms with E-state index in [1.165, 1.54) is 18.2 Å². The highest BCUT2D eigenvalue weighted by molar-refractivity contribution is 5.23. The molecule has 1 N–H and O–H groups in total. The summed E-state index contributed by atoms with van der Waals surface area (Å²) < 4.78 is 27.3. The first-order chi connectivity index (χ1) is 9.09. The van der Waals surface area contributed by atoms with E-state index in [2.05, 4.69) is 10.3 Å². The smallest absolute Gasteiger partial charge is 0.130 e. The number of nitrogens with one attached hydrogen (secondary N) is 1. The molecule has 2 rings (SSSR count). The summed E-state index contributed by atoms with van der Waals surface area (Å²) >= 11 is 0. The number of aromatic nitrogens is 1. The Morgan fingerprint density at radius 1 is 0.947 bits per heavy atom. The summed E-state index contributed by atoms with van der Waals surface area (Å²) in [5.41, 5.74) is 0.899. The third kappa shape index (κ3) is 3.15. The molecule has 2 nitrogen and oxygen atoms in total. The van der Waals surface area contributed by atoms with Crippen LogP contribution in [-0.2, 0) is 0 Å². The second-order valence-electron chi connectivity index (χ2n) is 4.50. The summed E-state index contributed by atoms with van der Waals surface area (Å²) in [5, 5.41) is 3.15. The number of halogens is 2. The second kappa shape index (κ2) is 5.89. The van der Waals surface area contributed by atoms with Crippen LogP contribution < -0.4 is 5.32 Å². The number of benzene rings is 1. The lowest BCUT2D eigenvalue weighted by Crippen LogP contribution is -2.24. The van der Waals surface area contributed by atoms with Crippen LogP contribution in [0.4, 0.5) is 8.78 Å². The Morgan fingerprint density at radius 2 is 1.63 bits per heavy atom. The molecule has 0 amide bonds. The first kappa shape index (κ1) is 13.6. The van der Waals surface area contributed by atoms with Crippen molar-refractivity contribution >= 4 is 0 Å². The van der Waals surface area contributed by atoms with Crippen LogP contribution in [0.2, 0.25) is 0 Å². The zero-order valence-electron chi connectivity index (χ0n) is 10.9. The predicted molar refractivity (Wildman–Crippen MR) is 70.6 cm³/mol. The zero-order chi connectivity index (χ0) is 13.8. The molecule has 1 heterocycles. The van der Waals surface area contributed by atoms with E-state index in [1.807, 2.05) is 25.1 Å². The van der Waals surface area contributed by atoms with Gasteiger partial charge in [0, 0.05) is 23.8 Å². The highest BCUT2D eigenvalue weighted by Gasteiger charge is 2.18. The Hall–Kier alpha value is -1.81. The molecular formula is C15H16F2N2. The van der Waals surface area contributed by atoms with Gasteiger partial charge >= 0.3 is 0 Å². The van der Waals surface area contributed by atoms with E-state index in [1.54, 1.807) is 13.1 Å². The molecule has 0 fully saturated rings. The molecule has 100 valence electrons. The van der Waals surface area contributed by atoms with Gasteiger partial charge in [0.1, 0.15) is 11.6 Å². The van der Waals surface area contributed by atoms with Crippen molar-refractivity contribution in [1.29, 1.82) is 0 Å². The van der Waals surface area contributed by atoms with Crippen LogP contribution in [0.5, 0.6) is 0 Å². The van der Waals surface area contributed by atoms with Gasteiger partial charge in [0.05, 0.1) is 5.69 Å². The standard InChI is InChI=1S/C15H16F2N2/c1-10(14-8-3-4-9-18-14)19-11(2)15-12(16)6-5-7-13(15)17/h3-11,19H,1-2H3. The summed E-state index contributed by atoms with van der Waals surface area (Å²) in [6.07, 6.45) is 1.70. The van der Waals surface area contributed by atoms with Crippen molar-refractivity contribution < 1.29 is 8.78 Å². The molecule has 0 aliphatic carbocycles. The van der Waals surface area contributed by atoms with Crippen LogP contribution >= 0.6 is 0 Å². The molecule has 4 heteroatoms. The van der Waals surface area contributed by atoms with Gasteiger partial charge < -0.3 is 5.32 Å². The van der Waals surface area contributed by atoms with Gasteiger partial charge in [0.25, 0.3) is 0 Å². The number of rotatable bonds is 4. The van der Waals surface area contributed by atoms with Gasteiger partial charge in [-0.1, -0.05) is 12.1 Å². The Morgan fingerprint density at radius 3 is 2.21 bits per heavy atom. The normalized spacial score (nSPS) is 14.1. The Bertz CT molecular complexity index is 523. The zero-order valence-corrected chi connectivity index (χ0v) is 10.9. The van der Waals surface area contributed by atoms with Gasteiger partial charge in [0.2, 0.25) is 0 Å². The second-order valence-corrected chi connectivity index (χ2v) is 4.50. The van der Waals surface area contributed by atoms with E-state index in [4.69, 9.17) is 0 Å². The molecule has 0 saturated carbocycles. The molecule has 1 aromatic heterocycles. The van der Waals surface area contributed by atoms with Crippen molar-refractivity contribution in [3.63, 3.8) is 0 Å². The molecule has 0 spiro atoms. The molecule has 0 aliphatic rings. The van der Waals surface area contributed by atoms with Crippen LogP contribution in [0.25, 0.3) is 0 Å². The molecule has 0 radical (unpaired) electrons. The first-order valence-electron chi connectivity index (χ1n) is 6.20. The fourth-order valence-corrected chi connectivity index (χ4v) is 2.10. The summed E-state index contributed by atoms with van der Waals surface area (Å²) in [5.74, 6) is -1.07. The largest absolute Gasteiger partial charge is 0.302 e. The van der Waals surface area contributed by atoms with E-state index in [9.17, 15) is 8.78 Å². The van der Waals surface area contributed by atoms with Crippen molar-refractivity contribution in [3.05, 3.63) is 65.5 Å². The third-order valence-corrected chi connectivity index (χ3v) is 3.06. The van der Waals surface area contributed by atoms with Crippen molar-refractivity contribution in [3.8, 4) is 0 Å². The first-order valence-corrected chi connectivity index (χ1v) is 6.20. The third-order valence-electron chi connectivity index (χ3n) is 3.06. The average Bonchev–Trinajstić information content (AvgIpc) is 2.39. The number of hydrogen-bond acceptors (Lipinski definition) is 2. The fraction of sp³-hybridized carbons (Fsp3) is 0.267. The highest BCUT2D eigenvalue weighted by atomic mass is 19.1. The van der Waals surface area contributed by atoms with Crippen molar-refractivity contribution in [2.24, 2.45) is 0 Å². The number of nitrogens with zero attached hydrogens (tertiary/aromatic N) is 1. The van der Waals surface area contributed by atoms with Crippen molar-refractivity contribution in [2.45, 2.75) is 25.9 Å². The maximum Gasteiger partial charge on any atom is 0.130 e. The van der Waals surface area contributed by atoms with Crippen LogP contribution in [0.1, 0.15) is 37.2 Å². The predicted octanol–water partition coefficient (Wildman–Crippen LogP) is 3.77. The summed E-state index contributed by atoms with van der Waals surface area (Å²) in [4.78, 5) is 4.22. The molecule has 2 atom stereocenters. The summed E-state index contributed by atoms with van der Waals surface area (Å²) in [6.45, 7) is 3.65. The lowest BCUT2D eigenvalue weighted by Gasteiger charge is -2.20. The van der Waals surface area contributed by atoms with Crippen LogP contribution in [-0.4, -0.2) is 4.98 Å². The minimum absolute atomic E-state index is 0.0604. The van der Waals surface area contributed by atoms with Gasteiger partial charge in [-0.3, -0.25) is 4.98 Å². The minimum atomic E-state index is -0.534. The number of pyridine rings is 1. The Labute approximate surface area is 111 Å². The molecule has 0 aliphatic heterocycles. The lowest BCUT2D eigenvalue weighted by molar-refractivity contribution is 0.445. The quantitative estimate of drug-likeness (QED) is 0.907. The highest BCUT2D eigenvalue weighted by Crippen LogP contribution is 2.23. The van der Waals surface area contributed by atoms with Gasteiger partial charge in [-0.15, -0.1) is 0 Å². The molecule has 0 bridgehead atoms. The monoisotopic (exact) mass is 262 g/mol. The summed E-state index contributed by atoms with van der Waals surface area (Å²) in [6, 6.07) is 8.97. The summed E-state index contributed by atoms with van der Waals surface area (Å²) in [7, 11) is 0. The van der Waals surface area contributed by atoms with Gasteiger partial charge in [-0.05, 0) is 38.1 Å². The van der Waals surface area contributed by atoms with E-state index < -0.39 is 17.7 Å².